The fourth-order valence-corrected chi connectivity index (χ4v) is 6.00. The molecule has 3 saturated carbocycles. The molecule has 0 radical (unpaired) electrons. The van der Waals surface area contributed by atoms with Crippen molar-refractivity contribution in [2.24, 2.45) is 29.4 Å². The Kier molecular flexibility index (Phi) is 5.02. The second-order valence-corrected chi connectivity index (χ2v) is 8.41. The summed E-state index contributed by atoms with van der Waals surface area (Å²) >= 11 is 6.34. The van der Waals surface area contributed by atoms with Gasteiger partial charge in [-0.1, -0.05) is 18.0 Å². The third-order valence-corrected chi connectivity index (χ3v) is 6.93. The van der Waals surface area contributed by atoms with Gasteiger partial charge in [0.25, 0.3) is 5.91 Å². The third-order valence-electron chi connectivity index (χ3n) is 6.65. The summed E-state index contributed by atoms with van der Waals surface area (Å²) in [6, 6.07) is 4.41. The molecule has 3 fully saturated rings. The first-order chi connectivity index (χ1) is 12.6. The van der Waals surface area contributed by atoms with Crippen LogP contribution in [0.25, 0.3) is 0 Å². The van der Waals surface area contributed by atoms with E-state index in [2.05, 4.69) is 5.32 Å². The van der Waals surface area contributed by atoms with Crippen molar-refractivity contribution < 1.29 is 14.3 Å². The lowest BCUT2D eigenvalue weighted by Gasteiger charge is -2.32. The summed E-state index contributed by atoms with van der Waals surface area (Å²) in [5.74, 6) is 4.10. The van der Waals surface area contributed by atoms with Crippen molar-refractivity contribution in [2.45, 2.75) is 44.7 Å². The lowest BCUT2D eigenvalue weighted by Crippen LogP contribution is -2.38. The zero-order valence-corrected chi connectivity index (χ0v) is 15.9. The first-order valence-electron chi connectivity index (χ1n) is 9.57. The molecule has 1 aromatic rings. The van der Waals surface area contributed by atoms with Gasteiger partial charge in [-0.2, -0.15) is 0 Å². The van der Waals surface area contributed by atoms with Gasteiger partial charge < -0.3 is 20.5 Å². The lowest BCUT2D eigenvalue weighted by atomic mass is 9.79. The highest BCUT2D eigenvalue weighted by Crippen LogP contribution is 2.58. The molecule has 5 nitrogen and oxygen atoms in total. The molecule has 0 heterocycles. The van der Waals surface area contributed by atoms with Gasteiger partial charge in [0.2, 0.25) is 0 Å². The molecule has 3 aliphatic carbocycles. The number of benzene rings is 1. The van der Waals surface area contributed by atoms with E-state index >= 15 is 0 Å². The molecule has 6 heteroatoms. The van der Waals surface area contributed by atoms with Crippen LogP contribution >= 0.6 is 11.6 Å². The molecule has 0 aromatic heterocycles. The molecule has 5 atom stereocenters. The Balaban J connectivity index is 1.41. The number of hydrogen-bond acceptors (Lipinski definition) is 4. The topological polar surface area (TPSA) is 73.6 Å². The minimum absolute atomic E-state index is 0.221. The Morgan fingerprint density at radius 3 is 2.85 bits per heavy atom. The van der Waals surface area contributed by atoms with Crippen molar-refractivity contribution in [3.05, 3.63) is 22.7 Å². The van der Waals surface area contributed by atoms with Gasteiger partial charge in [-0.05, 0) is 67.1 Å². The molecule has 0 aliphatic heterocycles. The molecule has 26 heavy (non-hydrogen) atoms. The minimum atomic E-state index is -0.546. The predicted molar refractivity (Wildman–Crippen MR) is 100 cm³/mol. The standard InChI is InChI=1S/C20H27ClN2O3/c1-25-18-6-11(5-16(21)20(18)26-10-19(22)24)9-23-17-8-12-7-15(17)14-4-2-3-13(12)14/h5-6,12-15,17,23H,2-4,7-10H2,1H3,(H2,22,24). The maximum atomic E-state index is 10.9. The summed E-state index contributed by atoms with van der Waals surface area (Å²) < 4.78 is 10.8. The number of primary amides is 1. The van der Waals surface area contributed by atoms with Crippen LogP contribution in [0.1, 0.15) is 37.7 Å². The fraction of sp³-hybridized carbons (Fsp3) is 0.650. The van der Waals surface area contributed by atoms with Gasteiger partial charge in [-0.25, -0.2) is 0 Å². The van der Waals surface area contributed by atoms with Crippen molar-refractivity contribution in [3.8, 4) is 11.5 Å². The Bertz CT molecular complexity index is 696. The van der Waals surface area contributed by atoms with Gasteiger partial charge in [0, 0.05) is 12.6 Å². The Hall–Kier alpha value is -1.46. The van der Waals surface area contributed by atoms with Gasteiger partial charge >= 0.3 is 0 Å². The van der Waals surface area contributed by atoms with Crippen molar-refractivity contribution in [2.75, 3.05) is 13.7 Å². The second-order valence-electron chi connectivity index (χ2n) is 8.01. The monoisotopic (exact) mass is 378 g/mol. The van der Waals surface area contributed by atoms with E-state index in [1.807, 2.05) is 12.1 Å². The Morgan fingerprint density at radius 2 is 2.08 bits per heavy atom. The van der Waals surface area contributed by atoms with Gasteiger partial charge in [0.15, 0.2) is 18.1 Å². The molecule has 0 saturated heterocycles. The molecule has 142 valence electrons. The number of nitrogens with two attached hydrogens (primary N) is 1. The number of amides is 1. The Morgan fingerprint density at radius 1 is 1.27 bits per heavy atom. The maximum Gasteiger partial charge on any atom is 0.255 e. The summed E-state index contributed by atoms with van der Waals surface area (Å²) in [5.41, 5.74) is 6.20. The summed E-state index contributed by atoms with van der Waals surface area (Å²) in [4.78, 5) is 10.9. The van der Waals surface area contributed by atoms with Gasteiger partial charge in [-0.3, -0.25) is 4.79 Å². The molecule has 1 amide bonds. The number of halogens is 1. The zero-order valence-electron chi connectivity index (χ0n) is 15.2. The van der Waals surface area contributed by atoms with Crippen molar-refractivity contribution in [1.29, 1.82) is 0 Å². The number of carbonyl (C=O) groups is 1. The van der Waals surface area contributed by atoms with Crippen molar-refractivity contribution >= 4 is 17.5 Å². The maximum absolute atomic E-state index is 10.9. The molecule has 0 spiro atoms. The minimum Gasteiger partial charge on any atom is -0.493 e. The number of carbonyl (C=O) groups excluding carboxylic acids is 1. The van der Waals surface area contributed by atoms with Crippen LogP contribution in [0, 0.1) is 23.7 Å². The quantitative estimate of drug-likeness (QED) is 0.764. The van der Waals surface area contributed by atoms with Crippen LogP contribution in [-0.4, -0.2) is 25.7 Å². The van der Waals surface area contributed by atoms with E-state index in [0.717, 1.165) is 35.8 Å². The van der Waals surface area contributed by atoms with E-state index in [-0.39, 0.29) is 6.61 Å². The summed E-state index contributed by atoms with van der Waals surface area (Å²) in [7, 11) is 1.57. The van der Waals surface area contributed by atoms with Crippen LogP contribution in [0.4, 0.5) is 0 Å². The van der Waals surface area contributed by atoms with Crippen LogP contribution in [0.3, 0.4) is 0 Å². The van der Waals surface area contributed by atoms with Crippen LogP contribution < -0.4 is 20.5 Å². The number of ether oxygens (including phenoxy) is 2. The van der Waals surface area contributed by atoms with E-state index < -0.39 is 5.91 Å². The van der Waals surface area contributed by atoms with Gasteiger partial charge in [0.05, 0.1) is 12.1 Å². The first-order valence-corrected chi connectivity index (χ1v) is 9.95. The molecule has 1 aromatic carbocycles. The zero-order chi connectivity index (χ0) is 18.3. The molecule has 3 aliphatic rings. The summed E-state index contributed by atoms with van der Waals surface area (Å²) in [5, 5.41) is 4.20. The van der Waals surface area contributed by atoms with Crippen LogP contribution in [0.15, 0.2) is 12.1 Å². The molecule has 5 unspecified atom stereocenters. The number of methoxy groups -OCH3 is 1. The highest BCUT2D eigenvalue weighted by molar-refractivity contribution is 6.32. The van der Waals surface area contributed by atoms with E-state index in [0.29, 0.717) is 22.6 Å². The van der Waals surface area contributed by atoms with Gasteiger partial charge in [0.1, 0.15) is 0 Å². The van der Waals surface area contributed by atoms with E-state index in [1.165, 1.54) is 32.1 Å². The predicted octanol–water partition coefficient (Wildman–Crippen LogP) is 3.13. The molecule has 2 bridgehead atoms. The Labute approximate surface area is 159 Å². The second kappa shape index (κ2) is 7.28. The van der Waals surface area contributed by atoms with E-state index in [9.17, 15) is 4.79 Å². The number of hydrogen-bond donors (Lipinski definition) is 2. The summed E-state index contributed by atoms with van der Waals surface area (Å²) in [6.07, 6.45) is 7.04. The molecule has 4 rings (SSSR count). The van der Waals surface area contributed by atoms with Crippen molar-refractivity contribution in [3.63, 3.8) is 0 Å². The average molecular weight is 379 g/mol. The van der Waals surface area contributed by atoms with Crippen molar-refractivity contribution in [1.82, 2.24) is 5.32 Å². The largest absolute Gasteiger partial charge is 0.493 e. The number of nitrogens with one attached hydrogen (secondary N) is 1. The molecular weight excluding hydrogens is 352 g/mol. The van der Waals surface area contributed by atoms with E-state index in [1.54, 1.807) is 7.11 Å². The van der Waals surface area contributed by atoms with Gasteiger partial charge in [-0.15, -0.1) is 0 Å². The number of fused-ring (bicyclic) bond motifs is 5. The number of rotatable bonds is 7. The lowest BCUT2D eigenvalue weighted by molar-refractivity contribution is -0.119. The van der Waals surface area contributed by atoms with E-state index in [4.69, 9.17) is 26.8 Å². The van der Waals surface area contributed by atoms with Crippen LogP contribution in [0.2, 0.25) is 5.02 Å². The first kappa shape index (κ1) is 17.9. The molecule has 3 N–H and O–H groups in total. The highest BCUT2D eigenvalue weighted by Gasteiger charge is 2.53. The fourth-order valence-electron chi connectivity index (χ4n) is 5.71. The van der Waals surface area contributed by atoms with Crippen LogP contribution in [-0.2, 0) is 11.3 Å². The summed E-state index contributed by atoms with van der Waals surface area (Å²) in [6.45, 7) is 0.541. The SMILES string of the molecule is COc1cc(CNC2CC3CC2C2CCCC32)cc(Cl)c1OCC(N)=O. The third kappa shape index (κ3) is 3.27. The highest BCUT2D eigenvalue weighted by atomic mass is 35.5. The normalized spacial score (nSPS) is 31.8. The van der Waals surface area contributed by atoms with Crippen LogP contribution in [0.5, 0.6) is 11.5 Å². The molecular formula is C20H27ClN2O3. The smallest absolute Gasteiger partial charge is 0.255 e. The average Bonchev–Trinajstić information content (AvgIpc) is 3.31.